The molecule has 0 radical (unpaired) electrons. The average molecular weight is 244 g/mol. The normalized spacial score (nSPS) is 18.0. The van der Waals surface area contributed by atoms with Crippen molar-refractivity contribution in [2.75, 3.05) is 7.11 Å². The van der Waals surface area contributed by atoms with Crippen LogP contribution in [0.25, 0.3) is 11.4 Å². The first kappa shape index (κ1) is 11.4. The highest BCUT2D eigenvalue weighted by Gasteiger charge is 2.19. The number of aryl methyl sites for hydroxylation is 1. The number of methoxy groups -OCH3 is 1. The van der Waals surface area contributed by atoms with Gasteiger partial charge in [-0.15, -0.1) is 0 Å². The Morgan fingerprint density at radius 3 is 3.17 bits per heavy atom. The van der Waals surface area contributed by atoms with E-state index in [1.165, 1.54) is 17.5 Å². The summed E-state index contributed by atoms with van der Waals surface area (Å²) < 4.78 is 10.1. The summed E-state index contributed by atoms with van der Waals surface area (Å²) in [6, 6.07) is 6.44. The quantitative estimate of drug-likeness (QED) is 0.832. The summed E-state index contributed by atoms with van der Waals surface area (Å²) in [4.78, 5) is 4.31. The molecule has 0 saturated carbocycles. The van der Waals surface area contributed by atoms with Crippen LogP contribution in [0.1, 0.15) is 36.3 Å². The Balaban J connectivity index is 1.92. The number of hydrogen-bond acceptors (Lipinski definition) is 4. The molecular weight excluding hydrogens is 228 g/mol. The molecule has 0 amide bonds. The molecule has 2 aromatic rings. The molecule has 1 aliphatic rings. The van der Waals surface area contributed by atoms with Gasteiger partial charge in [0.2, 0.25) is 5.82 Å². The van der Waals surface area contributed by atoms with E-state index in [1.807, 2.05) is 0 Å². The second kappa shape index (κ2) is 4.53. The van der Waals surface area contributed by atoms with E-state index >= 15 is 0 Å². The fourth-order valence-corrected chi connectivity index (χ4v) is 2.52. The predicted octanol–water partition coefficient (Wildman–Crippen LogP) is 2.93. The minimum absolute atomic E-state index is 0.356. The fraction of sp³-hybridized carbons (Fsp3) is 0.429. The van der Waals surface area contributed by atoms with Crippen LogP contribution in [0.5, 0.6) is 0 Å². The summed E-state index contributed by atoms with van der Waals surface area (Å²) in [5, 5.41) is 3.98. The van der Waals surface area contributed by atoms with Gasteiger partial charge in [0.25, 0.3) is 5.89 Å². The number of rotatable bonds is 3. The van der Waals surface area contributed by atoms with Crippen molar-refractivity contribution in [3.63, 3.8) is 0 Å². The average Bonchev–Trinajstić information content (AvgIpc) is 2.97. The van der Waals surface area contributed by atoms with Crippen molar-refractivity contribution in [3.05, 3.63) is 35.2 Å². The van der Waals surface area contributed by atoms with Crippen molar-refractivity contribution in [3.8, 4) is 11.4 Å². The molecule has 4 nitrogen and oxygen atoms in total. The minimum Gasteiger partial charge on any atom is -0.375 e. The maximum absolute atomic E-state index is 5.11. The molecule has 18 heavy (non-hydrogen) atoms. The summed E-state index contributed by atoms with van der Waals surface area (Å²) in [6.07, 6.45) is 2.38. The summed E-state index contributed by atoms with van der Waals surface area (Å²) in [5.41, 5.74) is 3.89. The Hall–Kier alpha value is -1.68. The van der Waals surface area contributed by atoms with Crippen LogP contribution in [0.4, 0.5) is 0 Å². The van der Waals surface area contributed by atoms with Crippen LogP contribution in [0.15, 0.2) is 22.7 Å². The largest absolute Gasteiger partial charge is 0.375 e. The molecule has 0 saturated heterocycles. The summed E-state index contributed by atoms with van der Waals surface area (Å²) in [5.74, 6) is 1.83. The molecule has 1 heterocycles. The lowest BCUT2D eigenvalue weighted by molar-refractivity contribution is 0.151. The molecule has 0 bridgehead atoms. The molecule has 0 fully saturated rings. The lowest BCUT2D eigenvalue weighted by Gasteiger charge is -2.04. The first-order valence-electron chi connectivity index (χ1n) is 6.22. The summed E-state index contributed by atoms with van der Waals surface area (Å²) in [6.45, 7) is 2.63. The van der Waals surface area contributed by atoms with Crippen LogP contribution in [0, 0.1) is 0 Å². The van der Waals surface area contributed by atoms with Gasteiger partial charge in [-0.2, -0.15) is 4.98 Å². The van der Waals surface area contributed by atoms with Gasteiger partial charge in [-0.1, -0.05) is 24.2 Å². The first-order chi connectivity index (χ1) is 8.78. The van der Waals surface area contributed by atoms with E-state index < -0.39 is 0 Å². The van der Waals surface area contributed by atoms with Crippen LogP contribution < -0.4 is 0 Å². The number of benzene rings is 1. The lowest BCUT2D eigenvalue weighted by Crippen LogP contribution is -1.89. The zero-order valence-corrected chi connectivity index (χ0v) is 10.6. The third kappa shape index (κ3) is 1.93. The van der Waals surface area contributed by atoms with Gasteiger partial charge in [-0.05, 0) is 36.0 Å². The van der Waals surface area contributed by atoms with Crippen LogP contribution in [-0.4, -0.2) is 17.3 Å². The van der Waals surface area contributed by atoms with Crippen molar-refractivity contribution >= 4 is 0 Å². The Kier molecular flexibility index (Phi) is 2.88. The fourth-order valence-electron chi connectivity index (χ4n) is 2.52. The molecule has 1 aliphatic carbocycles. The van der Waals surface area contributed by atoms with Crippen molar-refractivity contribution in [1.29, 1.82) is 0 Å². The van der Waals surface area contributed by atoms with Gasteiger partial charge in [-0.3, -0.25) is 0 Å². The summed E-state index contributed by atoms with van der Waals surface area (Å²) in [7, 11) is 1.61. The van der Waals surface area contributed by atoms with Crippen molar-refractivity contribution in [2.45, 2.75) is 32.3 Å². The molecule has 4 heteroatoms. The second-order valence-corrected chi connectivity index (χ2v) is 4.80. The van der Waals surface area contributed by atoms with Gasteiger partial charge in [0.1, 0.15) is 6.61 Å². The van der Waals surface area contributed by atoms with Crippen molar-refractivity contribution in [2.24, 2.45) is 0 Å². The Morgan fingerprint density at radius 2 is 2.33 bits per heavy atom. The molecule has 0 spiro atoms. The number of nitrogens with zero attached hydrogens (tertiary/aromatic N) is 2. The highest BCUT2D eigenvalue weighted by atomic mass is 16.5. The maximum Gasteiger partial charge on any atom is 0.252 e. The van der Waals surface area contributed by atoms with E-state index in [4.69, 9.17) is 9.26 Å². The summed E-state index contributed by atoms with van der Waals surface area (Å²) >= 11 is 0. The van der Waals surface area contributed by atoms with Gasteiger partial charge in [0.05, 0.1) is 0 Å². The molecule has 94 valence electrons. The lowest BCUT2D eigenvalue weighted by atomic mass is 10.0. The number of ether oxygens (including phenoxy) is 1. The monoisotopic (exact) mass is 244 g/mol. The van der Waals surface area contributed by atoms with Crippen molar-refractivity contribution in [1.82, 2.24) is 10.1 Å². The van der Waals surface area contributed by atoms with Crippen LogP contribution in [-0.2, 0) is 17.8 Å². The zero-order chi connectivity index (χ0) is 12.5. The maximum atomic E-state index is 5.11. The number of aromatic nitrogens is 2. The Labute approximate surface area is 106 Å². The van der Waals surface area contributed by atoms with E-state index in [2.05, 4.69) is 35.3 Å². The standard InChI is InChI=1S/C14H16N2O2/c1-9-3-4-10-7-11(5-6-12(9)10)14-15-13(8-17-2)18-16-14/h5-7,9H,3-4,8H2,1-2H3. The van der Waals surface area contributed by atoms with E-state index in [1.54, 1.807) is 7.11 Å². The van der Waals surface area contributed by atoms with Crippen LogP contribution >= 0.6 is 0 Å². The molecule has 0 N–H and O–H groups in total. The van der Waals surface area contributed by atoms with E-state index in [-0.39, 0.29) is 0 Å². The van der Waals surface area contributed by atoms with E-state index in [0.29, 0.717) is 24.2 Å². The molecule has 1 atom stereocenters. The molecule has 1 aromatic carbocycles. The molecule has 3 rings (SSSR count). The SMILES string of the molecule is COCc1nc(-c2ccc3c(c2)CCC3C)no1. The topological polar surface area (TPSA) is 48.2 Å². The number of hydrogen-bond donors (Lipinski definition) is 0. The van der Waals surface area contributed by atoms with Gasteiger partial charge in [-0.25, -0.2) is 0 Å². The van der Waals surface area contributed by atoms with E-state index in [0.717, 1.165) is 12.0 Å². The van der Waals surface area contributed by atoms with Gasteiger partial charge < -0.3 is 9.26 Å². The Morgan fingerprint density at radius 1 is 1.44 bits per heavy atom. The molecule has 1 unspecified atom stereocenters. The van der Waals surface area contributed by atoms with Gasteiger partial charge >= 0.3 is 0 Å². The number of fused-ring (bicyclic) bond motifs is 1. The minimum atomic E-state index is 0.356. The third-order valence-corrected chi connectivity index (χ3v) is 3.51. The Bertz CT molecular complexity index is 563. The molecule has 0 aliphatic heterocycles. The second-order valence-electron chi connectivity index (χ2n) is 4.80. The predicted molar refractivity (Wildman–Crippen MR) is 67.2 cm³/mol. The van der Waals surface area contributed by atoms with E-state index in [9.17, 15) is 0 Å². The van der Waals surface area contributed by atoms with Crippen molar-refractivity contribution < 1.29 is 9.26 Å². The van der Waals surface area contributed by atoms with Gasteiger partial charge in [0.15, 0.2) is 0 Å². The smallest absolute Gasteiger partial charge is 0.252 e. The highest BCUT2D eigenvalue weighted by Crippen LogP contribution is 2.34. The first-order valence-corrected chi connectivity index (χ1v) is 6.22. The molecular formula is C14H16N2O2. The van der Waals surface area contributed by atoms with Crippen LogP contribution in [0.2, 0.25) is 0 Å². The zero-order valence-electron chi connectivity index (χ0n) is 10.6. The highest BCUT2D eigenvalue weighted by molar-refractivity contribution is 5.58. The molecule has 1 aromatic heterocycles. The third-order valence-electron chi connectivity index (χ3n) is 3.51. The van der Waals surface area contributed by atoms with Gasteiger partial charge in [0, 0.05) is 12.7 Å². The van der Waals surface area contributed by atoms with Crippen LogP contribution in [0.3, 0.4) is 0 Å².